The van der Waals surface area contributed by atoms with Crippen LogP contribution in [0.2, 0.25) is 0 Å². The second kappa shape index (κ2) is 7.87. The topological polar surface area (TPSA) is 47.6 Å². The van der Waals surface area contributed by atoms with Gasteiger partial charge >= 0.3 is 5.97 Å². The van der Waals surface area contributed by atoms with Crippen LogP contribution in [0.15, 0.2) is 21.1 Å². The Morgan fingerprint density at radius 3 is 2.37 bits per heavy atom. The molecule has 6 heteroatoms. The zero-order chi connectivity index (χ0) is 14.4. The Labute approximate surface area is 130 Å². The Bertz CT molecular complexity index is 427. The summed E-state index contributed by atoms with van der Waals surface area (Å²) in [6, 6.07) is 4.35. The molecule has 0 aliphatic rings. The van der Waals surface area contributed by atoms with E-state index in [1.54, 1.807) is 0 Å². The lowest BCUT2D eigenvalue weighted by Crippen LogP contribution is -2.21. The largest absolute Gasteiger partial charge is 0.480 e. The summed E-state index contributed by atoms with van der Waals surface area (Å²) in [5, 5.41) is 3.34. The van der Waals surface area contributed by atoms with E-state index in [1.807, 2.05) is 12.1 Å². The molecule has 1 rings (SSSR count). The first kappa shape index (κ1) is 16.5. The fraction of sp³-hybridized carbons (Fsp3) is 0.462. The fourth-order valence-corrected chi connectivity index (χ4v) is 2.87. The van der Waals surface area contributed by atoms with Gasteiger partial charge in [-0.2, -0.15) is 0 Å². The van der Waals surface area contributed by atoms with E-state index in [9.17, 15) is 4.79 Å². The van der Waals surface area contributed by atoms with Crippen molar-refractivity contribution in [1.82, 2.24) is 5.32 Å². The third-order valence-electron chi connectivity index (χ3n) is 2.33. The highest BCUT2D eigenvalue weighted by atomic mass is 79.9. The van der Waals surface area contributed by atoms with Gasteiger partial charge in [-0.1, -0.05) is 13.8 Å². The van der Waals surface area contributed by atoms with E-state index < -0.39 is 5.97 Å². The van der Waals surface area contributed by atoms with Crippen LogP contribution in [0.25, 0.3) is 0 Å². The van der Waals surface area contributed by atoms with E-state index >= 15 is 0 Å². The van der Waals surface area contributed by atoms with Crippen molar-refractivity contribution in [2.45, 2.75) is 26.4 Å². The lowest BCUT2D eigenvalue weighted by Gasteiger charge is -2.13. The monoisotopic (exact) mass is 393 g/mol. The normalized spacial score (nSPS) is 10.6. The SMILES string of the molecule is COC(=O)COc1c(Br)cc(CNC(C)C)cc1Br. The molecular weight excluding hydrogens is 378 g/mol. The van der Waals surface area contributed by atoms with Gasteiger partial charge in [0.25, 0.3) is 0 Å². The Kier molecular flexibility index (Phi) is 6.82. The third kappa shape index (κ3) is 5.50. The molecule has 0 fully saturated rings. The minimum Gasteiger partial charge on any atom is -0.480 e. The summed E-state index contributed by atoms with van der Waals surface area (Å²) in [5.41, 5.74) is 1.12. The van der Waals surface area contributed by atoms with Crippen molar-refractivity contribution in [3.8, 4) is 5.75 Å². The van der Waals surface area contributed by atoms with Gasteiger partial charge in [-0.15, -0.1) is 0 Å². The fourth-order valence-electron chi connectivity index (χ4n) is 1.36. The second-order valence-electron chi connectivity index (χ2n) is 4.29. The van der Waals surface area contributed by atoms with Crippen molar-refractivity contribution in [3.63, 3.8) is 0 Å². The van der Waals surface area contributed by atoms with Crippen LogP contribution in [-0.2, 0) is 16.1 Å². The van der Waals surface area contributed by atoms with Crippen LogP contribution >= 0.6 is 31.9 Å². The summed E-state index contributed by atoms with van der Waals surface area (Å²) in [5.74, 6) is 0.183. The Hall–Kier alpha value is -0.590. The molecule has 0 saturated heterocycles. The van der Waals surface area contributed by atoms with Gasteiger partial charge in [-0.25, -0.2) is 4.79 Å². The van der Waals surface area contributed by atoms with Crippen molar-refractivity contribution in [2.75, 3.05) is 13.7 Å². The van der Waals surface area contributed by atoms with Crippen molar-refractivity contribution < 1.29 is 14.3 Å². The van der Waals surface area contributed by atoms with E-state index in [2.05, 4.69) is 55.8 Å². The summed E-state index contributed by atoms with van der Waals surface area (Å²) < 4.78 is 11.5. The van der Waals surface area contributed by atoms with Gasteiger partial charge in [0.2, 0.25) is 0 Å². The Balaban J connectivity index is 2.76. The predicted octanol–water partition coefficient (Wildman–Crippen LogP) is 3.26. The molecule has 19 heavy (non-hydrogen) atoms. The first-order valence-corrected chi connectivity index (χ1v) is 7.43. The summed E-state index contributed by atoms with van der Waals surface area (Å²) in [6.07, 6.45) is 0. The highest BCUT2D eigenvalue weighted by Crippen LogP contribution is 2.34. The average Bonchev–Trinajstić information content (AvgIpc) is 2.34. The second-order valence-corrected chi connectivity index (χ2v) is 6.00. The molecule has 0 aromatic heterocycles. The van der Waals surface area contributed by atoms with Crippen LogP contribution < -0.4 is 10.1 Å². The first-order valence-electron chi connectivity index (χ1n) is 5.85. The van der Waals surface area contributed by atoms with Crippen molar-refractivity contribution in [1.29, 1.82) is 0 Å². The highest BCUT2D eigenvalue weighted by molar-refractivity contribution is 9.11. The summed E-state index contributed by atoms with van der Waals surface area (Å²) in [7, 11) is 1.33. The number of methoxy groups -OCH3 is 1. The molecule has 1 aromatic carbocycles. The van der Waals surface area contributed by atoms with Gasteiger partial charge in [0.15, 0.2) is 6.61 Å². The molecule has 1 aromatic rings. The van der Waals surface area contributed by atoms with Gasteiger partial charge in [-0.3, -0.25) is 0 Å². The molecule has 0 atom stereocenters. The molecule has 0 saturated carbocycles. The summed E-state index contributed by atoms with van der Waals surface area (Å²) in [4.78, 5) is 11.1. The van der Waals surface area contributed by atoms with E-state index in [0.717, 1.165) is 21.1 Å². The zero-order valence-corrected chi connectivity index (χ0v) is 14.3. The van der Waals surface area contributed by atoms with Crippen LogP contribution in [0.1, 0.15) is 19.4 Å². The Morgan fingerprint density at radius 1 is 1.32 bits per heavy atom. The number of hydrogen-bond acceptors (Lipinski definition) is 4. The maximum absolute atomic E-state index is 11.1. The van der Waals surface area contributed by atoms with Crippen LogP contribution in [0.5, 0.6) is 5.75 Å². The molecule has 0 radical (unpaired) electrons. The molecule has 1 N–H and O–H groups in total. The summed E-state index contributed by atoms with van der Waals surface area (Å²) >= 11 is 6.88. The number of rotatable bonds is 6. The summed E-state index contributed by atoms with van der Waals surface area (Å²) in [6.45, 7) is 4.85. The number of nitrogens with one attached hydrogen (secondary N) is 1. The number of carbonyl (C=O) groups is 1. The molecule has 0 spiro atoms. The lowest BCUT2D eigenvalue weighted by molar-refractivity contribution is -0.142. The smallest absolute Gasteiger partial charge is 0.343 e. The minimum atomic E-state index is -0.413. The maximum Gasteiger partial charge on any atom is 0.343 e. The molecule has 0 amide bonds. The highest BCUT2D eigenvalue weighted by Gasteiger charge is 2.11. The molecular formula is C13H17Br2NO3. The number of ether oxygens (including phenoxy) is 2. The number of benzene rings is 1. The molecule has 4 nitrogen and oxygen atoms in total. The van der Waals surface area contributed by atoms with Crippen LogP contribution in [0, 0.1) is 0 Å². The molecule has 0 unspecified atom stereocenters. The minimum absolute atomic E-state index is 0.114. The van der Waals surface area contributed by atoms with Crippen molar-refractivity contribution in [2.24, 2.45) is 0 Å². The number of hydrogen-bond donors (Lipinski definition) is 1. The van der Waals surface area contributed by atoms with Gasteiger partial charge in [0.05, 0.1) is 16.1 Å². The molecule has 0 aliphatic heterocycles. The third-order valence-corrected chi connectivity index (χ3v) is 3.51. The standard InChI is InChI=1S/C13H17Br2NO3/c1-8(2)16-6-9-4-10(14)13(11(15)5-9)19-7-12(17)18-3/h4-5,8,16H,6-7H2,1-3H3. The maximum atomic E-state index is 11.1. The van der Waals surface area contributed by atoms with E-state index in [0.29, 0.717) is 11.8 Å². The van der Waals surface area contributed by atoms with Crippen molar-refractivity contribution >= 4 is 37.8 Å². The van der Waals surface area contributed by atoms with Gasteiger partial charge < -0.3 is 14.8 Å². The van der Waals surface area contributed by atoms with Crippen molar-refractivity contribution in [3.05, 3.63) is 26.6 Å². The molecule has 0 heterocycles. The average molecular weight is 395 g/mol. The van der Waals surface area contributed by atoms with Crippen LogP contribution in [0.4, 0.5) is 0 Å². The number of halogens is 2. The molecule has 0 aliphatic carbocycles. The van der Waals surface area contributed by atoms with Crippen LogP contribution in [-0.4, -0.2) is 25.7 Å². The van der Waals surface area contributed by atoms with Gasteiger partial charge in [0, 0.05) is 12.6 Å². The van der Waals surface area contributed by atoms with E-state index in [1.165, 1.54) is 7.11 Å². The molecule has 0 bridgehead atoms. The van der Waals surface area contributed by atoms with Crippen LogP contribution in [0.3, 0.4) is 0 Å². The number of carbonyl (C=O) groups excluding carboxylic acids is 1. The quantitative estimate of drug-likeness (QED) is 0.752. The van der Waals surface area contributed by atoms with Gasteiger partial charge in [0.1, 0.15) is 5.75 Å². The molecule has 106 valence electrons. The Morgan fingerprint density at radius 2 is 1.89 bits per heavy atom. The van der Waals surface area contributed by atoms with E-state index in [4.69, 9.17) is 4.74 Å². The first-order chi connectivity index (χ1) is 8.93. The zero-order valence-electron chi connectivity index (χ0n) is 11.1. The number of esters is 1. The van der Waals surface area contributed by atoms with Gasteiger partial charge in [-0.05, 0) is 49.6 Å². The lowest BCUT2D eigenvalue weighted by atomic mass is 10.2. The predicted molar refractivity (Wildman–Crippen MR) is 81.3 cm³/mol. The van der Waals surface area contributed by atoms with E-state index in [-0.39, 0.29) is 6.61 Å².